The molecule has 0 saturated carbocycles. The fourth-order valence-electron chi connectivity index (χ4n) is 1.99. The van der Waals surface area contributed by atoms with E-state index in [0.717, 1.165) is 23.5 Å². The number of nitrogens with zero attached hydrogens (tertiary/aromatic N) is 6. The Morgan fingerprint density at radius 2 is 2.19 bits per heavy atom. The molecule has 0 spiro atoms. The molecule has 0 aliphatic rings. The van der Waals surface area contributed by atoms with Crippen LogP contribution in [0.5, 0.6) is 0 Å². The first-order chi connectivity index (χ1) is 10.2. The van der Waals surface area contributed by atoms with Crippen LogP contribution in [-0.2, 0) is 6.54 Å². The van der Waals surface area contributed by atoms with Gasteiger partial charge in [-0.3, -0.25) is 4.68 Å². The Morgan fingerprint density at radius 3 is 2.90 bits per heavy atom. The van der Waals surface area contributed by atoms with E-state index < -0.39 is 0 Å². The number of anilines is 1. The number of hydrogen-bond donors (Lipinski definition) is 1. The fraction of sp³-hybridized carbons (Fsp3) is 0.286. The van der Waals surface area contributed by atoms with E-state index in [1.165, 1.54) is 0 Å². The molecule has 0 aliphatic heterocycles. The normalized spacial score (nSPS) is 11.0. The third kappa shape index (κ3) is 3.07. The second kappa shape index (κ2) is 5.74. The molecule has 0 atom stereocenters. The van der Waals surface area contributed by atoms with Crippen LogP contribution >= 0.6 is 0 Å². The van der Waals surface area contributed by atoms with Crippen molar-refractivity contribution in [2.24, 2.45) is 0 Å². The van der Waals surface area contributed by atoms with Crippen LogP contribution in [0.25, 0.3) is 5.69 Å². The molecule has 3 rings (SSSR count). The number of tetrazole rings is 1. The minimum atomic E-state index is 0.377. The zero-order valence-corrected chi connectivity index (χ0v) is 12.0. The van der Waals surface area contributed by atoms with Crippen molar-refractivity contribution in [1.82, 2.24) is 30.0 Å². The molecule has 0 unspecified atom stereocenters. The van der Waals surface area contributed by atoms with Gasteiger partial charge in [0, 0.05) is 30.0 Å². The lowest BCUT2D eigenvalue weighted by Crippen LogP contribution is -2.02. The molecular weight excluding hydrogens is 266 g/mol. The van der Waals surface area contributed by atoms with Gasteiger partial charge in [-0.05, 0) is 42.5 Å². The lowest BCUT2D eigenvalue weighted by molar-refractivity contribution is 0.532. The van der Waals surface area contributed by atoms with Crippen molar-refractivity contribution >= 4 is 5.69 Å². The Bertz CT molecular complexity index is 700. The van der Waals surface area contributed by atoms with E-state index in [9.17, 15) is 0 Å². The van der Waals surface area contributed by atoms with Gasteiger partial charge in [0.15, 0.2) is 0 Å². The molecular formula is C14H17N7. The number of rotatable bonds is 5. The predicted octanol–water partition coefficient (Wildman–Crippen LogP) is 2.05. The molecule has 2 aromatic heterocycles. The summed E-state index contributed by atoms with van der Waals surface area (Å²) in [4.78, 5) is 0. The van der Waals surface area contributed by atoms with Gasteiger partial charge in [0.25, 0.3) is 0 Å². The highest BCUT2D eigenvalue weighted by molar-refractivity contribution is 5.50. The second-order valence-corrected chi connectivity index (χ2v) is 5.08. The zero-order valence-electron chi connectivity index (χ0n) is 12.0. The maximum absolute atomic E-state index is 4.33. The van der Waals surface area contributed by atoms with E-state index in [4.69, 9.17) is 0 Å². The lowest BCUT2D eigenvalue weighted by atomic mass is 10.2. The van der Waals surface area contributed by atoms with Crippen LogP contribution in [0, 0.1) is 0 Å². The Balaban J connectivity index is 1.69. The molecule has 0 fully saturated rings. The van der Waals surface area contributed by atoms with Crippen LogP contribution in [0.1, 0.15) is 25.5 Å². The Hall–Kier alpha value is -2.70. The highest BCUT2D eigenvalue weighted by Crippen LogP contribution is 2.14. The standard InChI is InChI=1S/C14H17N7/c1-11(2)20-9-12(8-17-20)7-15-13-4-3-5-14(6-13)21-10-16-18-19-21/h3-6,8-11,15H,7H2,1-2H3. The average molecular weight is 283 g/mol. The Morgan fingerprint density at radius 1 is 1.29 bits per heavy atom. The SMILES string of the molecule is CC(C)n1cc(CNc2cccc(-n3cnnn3)c2)cn1. The molecule has 0 amide bonds. The summed E-state index contributed by atoms with van der Waals surface area (Å²) in [5.41, 5.74) is 3.08. The van der Waals surface area contributed by atoms with Crippen molar-refractivity contribution in [3.63, 3.8) is 0 Å². The van der Waals surface area contributed by atoms with Crippen molar-refractivity contribution in [1.29, 1.82) is 0 Å². The molecule has 108 valence electrons. The lowest BCUT2D eigenvalue weighted by Gasteiger charge is -2.07. The summed E-state index contributed by atoms with van der Waals surface area (Å²) in [7, 11) is 0. The van der Waals surface area contributed by atoms with Gasteiger partial charge in [-0.25, -0.2) is 4.68 Å². The first kappa shape index (κ1) is 13.3. The Kier molecular flexibility index (Phi) is 3.63. The minimum absolute atomic E-state index is 0.377. The predicted molar refractivity (Wildman–Crippen MR) is 79.1 cm³/mol. The molecule has 1 N–H and O–H groups in total. The van der Waals surface area contributed by atoms with Crippen LogP contribution in [0.15, 0.2) is 43.0 Å². The quantitative estimate of drug-likeness (QED) is 0.775. The van der Waals surface area contributed by atoms with Crippen LogP contribution in [0.3, 0.4) is 0 Å². The summed E-state index contributed by atoms with van der Waals surface area (Å²) in [5, 5.41) is 18.9. The van der Waals surface area contributed by atoms with Gasteiger partial charge in [0.1, 0.15) is 6.33 Å². The summed E-state index contributed by atoms with van der Waals surface area (Å²) >= 11 is 0. The minimum Gasteiger partial charge on any atom is -0.381 e. The summed E-state index contributed by atoms with van der Waals surface area (Å²) < 4.78 is 3.58. The monoisotopic (exact) mass is 283 g/mol. The van der Waals surface area contributed by atoms with Crippen LogP contribution in [0.2, 0.25) is 0 Å². The second-order valence-electron chi connectivity index (χ2n) is 5.08. The maximum atomic E-state index is 4.33. The van der Waals surface area contributed by atoms with Gasteiger partial charge in [0.2, 0.25) is 0 Å². The van der Waals surface area contributed by atoms with Gasteiger partial charge in [-0.1, -0.05) is 6.07 Å². The van der Waals surface area contributed by atoms with E-state index in [0.29, 0.717) is 6.04 Å². The van der Waals surface area contributed by atoms with Crippen LogP contribution in [0.4, 0.5) is 5.69 Å². The van der Waals surface area contributed by atoms with Gasteiger partial charge < -0.3 is 5.32 Å². The molecule has 7 heteroatoms. The molecule has 1 aromatic carbocycles. The maximum Gasteiger partial charge on any atom is 0.143 e. The molecule has 0 aliphatic carbocycles. The summed E-state index contributed by atoms with van der Waals surface area (Å²) in [6, 6.07) is 8.32. The topological polar surface area (TPSA) is 73.5 Å². The fourth-order valence-corrected chi connectivity index (χ4v) is 1.99. The van der Waals surface area contributed by atoms with E-state index >= 15 is 0 Å². The van der Waals surface area contributed by atoms with Gasteiger partial charge in [0.05, 0.1) is 11.9 Å². The van der Waals surface area contributed by atoms with Gasteiger partial charge in [-0.2, -0.15) is 5.10 Å². The number of aromatic nitrogens is 6. The van der Waals surface area contributed by atoms with E-state index in [2.05, 4.69) is 46.0 Å². The summed E-state index contributed by atoms with van der Waals surface area (Å²) in [6.07, 6.45) is 5.52. The third-order valence-electron chi connectivity index (χ3n) is 3.14. The smallest absolute Gasteiger partial charge is 0.143 e. The molecule has 0 bridgehead atoms. The molecule has 3 aromatic rings. The Labute approximate surface area is 122 Å². The largest absolute Gasteiger partial charge is 0.381 e. The molecule has 0 radical (unpaired) electrons. The first-order valence-electron chi connectivity index (χ1n) is 6.83. The average Bonchev–Trinajstić information content (AvgIpc) is 3.17. The number of hydrogen-bond acceptors (Lipinski definition) is 5. The zero-order chi connectivity index (χ0) is 14.7. The molecule has 0 saturated heterocycles. The van der Waals surface area contributed by atoms with Crippen molar-refractivity contribution in [3.8, 4) is 5.69 Å². The molecule has 7 nitrogen and oxygen atoms in total. The van der Waals surface area contributed by atoms with E-state index in [-0.39, 0.29) is 0 Å². The number of benzene rings is 1. The van der Waals surface area contributed by atoms with Crippen molar-refractivity contribution in [2.75, 3.05) is 5.32 Å². The first-order valence-corrected chi connectivity index (χ1v) is 6.83. The highest BCUT2D eigenvalue weighted by atomic mass is 15.5. The van der Waals surface area contributed by atoms with Crippen molar-refractivity contribution in [2.45, 2.75) is 26.4 Å². The van der Waals surface area contributed by atoms with Crippen molar-refractivity contribution in [3.05, 3.63) is 48.5 Å². The van der Waals surface area contributed by atoms with Gasteiger partial charge in [-0.15, -0.1) is 5.10 Å². The van der Waals surface area contributed by atoms with Crippen molar-refractivity contribution < 1.29 is 0 Å². The van der Waals surface area contributed by atoms with Gasteiger partial charge >= 0.3 is 0 Å². The number of nitrogens with one attached hydrogen (secondary N) is 1. The highest BCUT2D eigenvalue weighted by Gasteiger charge is 2.03. The summed E-state index contributed by atoms with van der Waals surface area (Å²) in [5.74, 6) is 0. The molecule has 21 heavy (non-hydrogen) atoms. The third-order valence-corrected chi connectivity index (χ3v) is 3.14. The van der Waals surface area contributed by atoms with E-state index in [1.807, 2.05) is 35.1 Å². The van der Waals surface area contributed by atoms with Crippen LogP contribution < -0.4 is 5.32 Å². The van der Waals surface area contributed by atoms with E-state index in [1.54, 1.807) is 11.0 Å². The van der Waals surface area contributed by atoms with Crippen LogP contribution in [-0.4, -0.2) is 30.0 Å². The summed E-state index contributed by atoms with van der Waals surface area (Å²) in [6.45, 7) is 4.95. The molecule has 2 heterocycles.